The molecule has 18 heavy (non-hydrogen) atoms. The van der Waals surface area contributed by atoms with Crippen LogP contribution >= 0.6 is 0 Å². The van der Waals surface area contributed by atoms with E-state index in [4.69, 9.17) is 5.73 Å². The van der Waals surface area contributed by atoms with E-state index in [9.17, 15) is 4.79 Å². The van der Waals surface area contributed by atoms with Crippen molar-refractivity contribution in [3.8, 4) is 0 Å². The van der Waals surface area contributed by atoms with Crippen LogP contribution in [0.3, 0.4) is 0 Å². The zero-order valence-electron chi connectivity index (χ0n) is 10.2. The molecule has 0 radical (unpaired) electrons. The smallest absolute Gasteiger partial charge is 0.243 e. The zero-order valence-corrected chi connectivity index (χ0v) is 10.2. The average molecular weight is 243 g/mol. The number of anilines is 1. The Bertz CT molecular complexity index is 510. The molecule has 3 N–H and O–H groups in total. The molecular weight excluding hydrogens is 226 g/mol. The predicted octanol–water partition coefficient (Wildman–Crippen LogP) is 1.91. The van der Waals surface area contributed by atoms with Gasteiger partial charge in [0.05, 0.1) is 5.71 Å². The number of rotatable bonds is 1. The van der Waals surface area contributed by atoms with Gasteiger partial charge in [-0.3, -0.25) is 4.79 Å². The third-order valence-corrected chi connectivity index (χ3v) is 3.92. The second-order valence-electron chi connectivity index (χ2n) is 5.10. The number of nitrogen functional groups attached to an aromatic ring is 1. The number of nitrogens with one attached hydrogen (secondary N) is 1. The van der Waals surface area contributed by atoms with Crippen LogP contribution in [-0.2, 0) is 4.79 Å². The Balaban J connectivity index is 1.98. The monoisotopic (exact) mass is 243 g/mol. The second-order valence-corrected chi connectivity index (χ2v) is 5.10. The van der Waals surface area contributed by atoms with Crippen LogP contribution in [0.4, 0.5) is 5.69 Å². The van der Waals surface area contributed by atoms with E-state index in [0.29, 0.717) is 0 Å². The summed E-state index contributed by atoms with van der Waals surface area (Å²) in [6, 6.07) is 7.74. The molecular formula is C14H17N3O. The van der Waals surface area contributed by atoms with E-state index in [1.54, 1.807) is 0 Å². The van der Waals surface area contributed by atoms with Gasteiger partial charge in [-0.15, -0.1) is 0 Å². The van der Waals surface area contributed by atoms with Crippen molar-refractivity contribution in [2.24, 2.45) is 16.9 Å². The molecule has 0 saturated heterocycles. The lowest BCUT2D eigenvalue weighted by Gasteiger charge is -2.34. The molecule has 1 heterocycles. The number of fused-ring (bicyclic) bond motifs is 1. The molecule has 1 saturated carbocycles. The molecule has 4 heteroatoms. The lowest BCUT2D eigenvalue weighted by atomic mass is 9.74. The average Bonchev–Trinajstić information content (AvgIpc) is 2.39. The highest BCUT2D eigenvalue weighted by Crippen LogP contribution is 2.35. The maximum atomic E-state index is 11.8. The lowest BCUT2D eigenvalue weighted by molar-refractivity contribution is -0.127. The molecule has 1 aromatic carbocycles. The van der Waals surface area contributed by atoms with Gasteiger partial charge < -0.3 is 5.73 Å². The van der Waals surface area contributed by atoms with Crippen LogP contribution in [0.2, 0.25) is 0 Å². The first-order valence-corrected chi connectivity index (χ1v) is 6.49. The number of carbonyl (C=O) groups is 1. The maximum absolute atomic E-state index is 11.8. The summed E-state index contributed by atoms with van der Waals surface area (Å²) in [6.07, 6.45) is 4.33. The Kier molecular flexibility index (Phi) is 2.78. The molecule has 1 aliphatic heterocycles. The van der Waals surface area contributed by atoms with Gasteiger partial charge in [0.2, 0.25) is 5.91 Å². The third-order valence-electron chi connectivity index (χ3n) is 3.92. The lowest BCUT2D eigenvalue weighted by Crippen LogP contribution is -2.43. The number of hydrazone groups is 1. The Morgan fingerprint density at radius 1 is 1.22 bits per heavy atom. The molecule has 2 atom stereocenters. The highest BCUT2D eigenvalue weighted by atomic mass is 16.2. The van der Waals surface area contributed by atoms with E-state index in [2.05, 4.69) is 10.5 Å². The summed E-state index contributed by atoms with van der Waals surface area (Å²) in [5.41, 5.74) is 11.2. The van der Waals surface area contributed by atoms with Gasteiger partial charge in [-0.05, 0) is 25.0 Å². The van der Waals surface area contributed by atoms with Crippen LogP contribution < -0.4 is 11.2 Å². The Morgan fingerprint density at radius 3 is 2.78 bits per heavy atom. The van der Waals surface area contributed by atoms with E-state index >= 15 is 0 Å². The summed E-state index contributed by atoms with van der Waals surface area (Å²) in [6.45, 7) is 0. The fraction of sp³-hybridized carbons (Fsp3) is 0.429. The summed E-state index contributed by atoms with van der Waals surface area (Å²) in [5, 5.41) is 4.27. The Hall–Kier alpha value is -1.84. The van der Waals surface area contributed by atoms with Crippen molar-refractivity contribution in [1.29, 1.82) is 0 Å². The maximum Gasteiger partial charge on any atom is 0.243 e. The quantitative estimate of drug-likeness (QED) is 0.740. The Morgan fingerprint density at radius 2 is 2.00 bits per heavy atom. The number of hydrogen-bond acceptors (Lipinski definition) is 3. The largest absolute Gasteiger partial charge is 0.399 e. The number of nitrogens with zero attached hydrogens (tertiary/aromatic N) is 1. The molecule has 1 aliphatic carbocycles. The van der Waals surface area contributed by atoms with Crippen LogP contribution in [0, 0.1) is 11.8 Å². The number of carbonyl (C=O) groups excluding carboxylic acids is 1. The number of benzene rings is 1. The van der Waals surface area contributed by atoms with Crippen LogP contribution in [0.25, 0.3) is 0 Å². The summed E-state index contributed by atoms with van der Waals surface area (Å²) in [7, 11) is 0. The fourth-order valence-corrected chi connectivity index (χ4v) is 3.03. The van der Waals surface area contributed by atoms with Crippen LogP contribution in [0.1, 0.15) is 31.2 Å². The molecule has 0 bridgehead atoms. The van der Waals surface area contributed by atoms with Crippen molar-refractivity contribution in [2.75, 3.05) is 5.73 Å². The van der Waals surface area contributed by atoms with Crippen LogP contribution in [-0.4, -0.2) is 11.6 Å². The van der Waals surface area contributed by atoms with Gasteiger partial charge in [0.15, 0.2) is 0 Å². The van der Waals surface area contributed by atoms with E-state index < -0.39 is 0 Å². The van der Waals surface area contributed by atoms with Gasteiger partial charge in [-0.1, -0.05) is 25.0 Å². The van der Waals surface area contributed by atoms with Crippen molar-refractivity contribution in [3.63, 3.8) is 0 Å². The van der Waals surface area contributed by atoms with Crippen LogP contribution in [0.5, 0.6) is 0 Å². The van der Waals surface area contributed by atoms with Gasteiger partial charge in [0, 0.05) is 23.1 Å². The fourth-order valence-electron chi connectivity index (χ4n) is 3.03. The normalized spacial score (nSPS) is 27.1. The number of hydrogen-bond donors (Lipinski definition) is 2. The van der Waals surface area contributed by atoms with E-state index in [-0.39, 0.29) is 17.7 Å². The SMILES string of the molecule is Nc1cccc(C2=NNC(=O)[C@H]3CCCC[C@@H]23)c1. The van der Waals surface area contributed by atoms with Gasteiger partial charge in [0.1, 0.15) is 0 Å². The van der Waals surface area contributed by atoms with Crippen molar-refractivity contribution in [3.05, 3.63) is 29.8 Å². The first-order valence-electron chi connectivity index (χ1n) is 6.49. The molecule has 94 valence electrons. The van der Waals surface area contributed by atoms with Crippen LogP contribution in [0.15, 0.2) is 29.4 Å². The van der Waals surface area contributed by atoms with Gasteiger partial charge >= 0.3 is 0 Å². The molecule has 1 fully saturated rings. The van der Waals surface area contributed by atoms with Crippen molar-refractivity contribution >= 4 is 17.3 Å². The third kappa shape index (κ3) is 1.88. The molecule has 4 nitrogen and oxygen atoms in total. The van der Waals surface area contributed by atoms with E-state index in [1.807, 2.05) is 24.3 Å². The molecule has 2 aliphatic rings. The summed E-state index contributed by atoms with van der Waals surface area (Å²) < 4.78 is 0. The molecule has 3 rings (SSSR count). The van der Waals surface area contributed by atoms with E-state index in [1.165, 1.54) is 6.42 Å². The zero-order chi connectivity index (χ0) is 12.5. The summed E-state index contributed by atoms with van der Waals surface area (Å²) >= 11 is 0. The first-order chi connectivity index (χ1) is 8.75. The molecule has 0 unspecified atom stereocenters. The molecule has 0 aromatic heterocycles. The number of nitrogens with two attached hydrogens (primary N) is 1. The minimum absolute atomic E-state index is 0.0763. The summed E-state index contributed by atoms with van der Waals surface area (Å²) in [5.74, 6) is 0.425. The highest BCUT2D eigenvalue weighted by molar-refractivity contribution is 6.07. The Labute approximate surface area is 106 Å². The predicted molar refractivity (Wildman–Crippen MR) is 71.0 cm³/mol. The van der Waals surface area contributed by atoms with Crippen molar-refractivity contribution in [2.45, 2.75) is 25.7 Å². The molecule has 1 aromatic rings. The first kappa shape index (κ1) is 11.3. The van der Waals surface area contributed by atoms with E-state index in [0.717, 1.165) is 36.2 Å². The topological polar surface area (TPSA) is 67.5 Å². The van der Waals surface area contributed by atoms with Gasteiger partial charge in [-0.25, -0.2) is 5.43 Å². The standard InChI is InChI=1S/C14H17N3O/c15-10-5-3-4-9(8-10)13-11-6-1-2-7-12(11)14(18)17-16-13/h3-5,8,11-12H,1-2,6-7,15H2,(H,17,18)/t11-,12+/m1/s1. The highest BCUT2D eigenvalue weighted by Gasteiger charge is 2.37. The molecule has 0 spiro atoms. The summed E-state index contributed by atoms with van der Waals surface area (Å²) in [4.78, 5) is 11.8. The number of amides is 1. The van der Waals surface area contributed by atoms with Crippen molar-refractivity contribution < 1.29 is 4.79 Å². The van der Waals surface area contributed by atoms with Gasteiger partial charge in [0.25, 0.3) is 0 Å². The second kappa shape index (κ2) is 4.44. The van der Waals surface area contributed by atoms with Gasteiger partial charge in [-0.2, -0.15) is 5.10 Å². The van der Waals surface area contributed by atoms with Crippen molar-refractivity contribution in [1.82, 2.24) is 5.43 Å². The molecule has 1 amide bonds. The minimum atomic E-state index is 0.0763. The minimum Gasteiger partial charge on any atom is -0.399 e.